The SMILES string of the molecule is CNC(=O)Nc1cccc(NC(=O)Oc2ccccc2)c1. The smallest absolute Gasteiger partial charge is 0.410 e. The van der Waals surface area contributed by atoms with Crippen molar-refractivity contribution in [3.63, 3.8) is 0 Å². The average molecular weight is 285 g/mol. The molecule has 0 atom stereocenters. The van der Waals surface area contributed by atoms with Crippen molar-refractivity contribution in [2.75, 3.05) is 17.7 Å². The molecule has 21 heavy (non-hydrogen) atoms. The second kappa shape index (κ2) is 6.95. The highest BCUT2D eigenvalue weighted by Gasteiger charge is 2.06. The van der Waals surface area contributed by atoms with Crippen LogP contribution in [0.25, 0.3) is 0 Å². The average Bonchev–Trinajstić information content (AvgIpc) is 2.48. The van der Waals surface area contributed by atoms with Crippen molar-refractivity contribution in [2.45, 2.75) is 0 Å². The molecule has 6 heteroatoms. The fraction of sp³-hybridized carbons (Fsp3) is 0.0667. The normalized spacial score (nSPS) is 9.57. The predicted molar refractivity (Wildman–Crippen MR) is 80.6 cm³/mol. The van der Waals surface area contributed by atoms with E-state index in [0.717, 1.165) is 0 Å². The fourth-order valence-electron chi connectivity index (χ4n) is 1.61. The van der Waals surface area contributed by atoms with Gasteiger partial charge in [-0.25, -0.2) is 9.59 Å². The van der Waals surface area contributed by atoms with Crippen LogP contribution in [0.3, 0.4) is 0 Å². The summed E-state index contributed by atoms with van der Waals surface area (Å²) < 4.78 is 5.11. The van der Waals surface area contributed by atoms with Crippen molar-refractivity contribution in [3.05, 3.63) is 54.6 Å². The lowest BCUT2D eigenvalue weighted by molar-refractivity contribution is 0.215. The summed E-state index contributed by atoms with van der Waals surface area (Å²) in [5.74, 6) is 0.453. The van der Waals surface area contributed by atoms with Gasteiger partial charge in [-0.3, -0.25) is 5.32 Å². The molecule has 0 aromatic heterocycles. The molecule has 2 rings (SSSR count). The number of anilines is 2. The van der Waals surface area contributed by atoms with Gasteiger partial charge in [-0.2, -0.15) is 0 Å². The summed E-state index contributed by atoms with van der Waals surface area (Å²) >= 11 is 0. The lowest BCUT2D eigenvalue weighted by Gasteiger charge is -2.09. The van der Waals surface area contributed by atoms with Crippen LogP contribution >= 0.6 is 0 Å². The van der Waals surface area contributed by atoms with Gasteiger partial charge >= 0.3 is 12.1 Å². The van der Waals surface area contributed by atoms with E-state index in [0.29, 0.717) is 17.1 Å². The molecule has 6 nitrogen and oxygen atoms in total. The zero-order valence-corrected chi connectivity index (χ0v) is 11.4. The summed E-state index contributed by atoms with van der Waals surface area (Å²) in [4.78, 5) is 23.0. The zero-order valence-electron chi connectivity index (χ0n) is 11.4. The van der Waals surface area contributed by atoms with Crippen LogP contribution in [-0.2, 0) is 0 Å². The molecule has 0 saturated carbocycles. The summed E-state index contributed by atoms with van der Waals surface area (Å²) in [7, 11) is 1.52. The second-order valence-electron chi connectivity index (χ2n) is 4.11. The second-order valence-corrected chi connectivity index (χ2v) is 4.11. The van der Waals surface area contributed by atoms with E-state index in [1.807, 2.05) is 6.07 Å². The Bertz CT molecular complexity index is 629. The molecule has 0 fully saturated rings. The Morgan fingerprint density at radius 3 is 2.24 bits per heavy atom. The number of ether oxygens (including phenoxy) is 1. The topological polar surface area (TPSA) is 79.5 Å². The minimum Gasteiger partial charge on any atom is -0.410 e. The molecule has 0 radical (unpaired) electrons. The summed E-state index contributed by atoms with van der Waals surface area (Å²) in [5, 5.41) is 7.65. The largest absolute Gasteiger partial charge is 0.417 e. The van der Waals surface area contributed by atoms with Gasteiger partial charge in [0.15, 0.2) is 0 Å². The third kappa shape index (κ3) is 4.54. The first-order valence-corrected chi connectivity index (χ1v) is 6.30. The standard InChI is InChI=1S/C15H15N3O3/c1-16-14(19)17-11-6-5-7-12(10-11)18-15(20)21-13-8-3-2-4-9-13/h2-10H,1H3,(H,18,20)(H2,16,17,19). The van der Waals surface area contributed by atoms with E-state index in [4.69, 9.17) is 4.74 Å². The first-order valence-electron chi connectivity index (χ1n) is 6.30. The predicted octanol–water partition coefficient (Wildman–Crippen LogP) is 3.05. The third-order valence-electron chi connectivity index (χ3n) is 2.55. The molecule has 0 spiro atoms. The highest BCUT2D eigenvalue weighted by Crippen LogP contribution is 2.16. The van der Waals surface area contributed by atoms with Gasteiger partial charge in [0.1, 0.15) is 5.75 Å². The molecule has 0 aliphatic rings. The van der Waals surface area contributed by atoms with Crippen LogP contribution in [0.2, 0.25) is 0 Å². The minimum atomic E-state index is -0.599. The number of amides is 3. The maximum absolute atomic E-state index is 11.7. The molecule has 0 heterocycles. The lowest BCUT2D eigenvalue weighted by atomic mass is 10.3. The molecule has 0 saturated heterocycles. The van der Waals surface area contributed by atoms with Crippen LogP contribution in [0.1, 0.15) is 0 Å². The molecule has 108 valence electrons. The number of carbonyl (C=O) groups is 2. The molecule has 0 aliphatic carbocycles. The third-order valence-corrected chi connectivity index (χ3v) is 2.55. The molecule has 0 aliphatic heterocycles. The van der Waals surface area contributed by atoms with E-state index in [2.05, 4.69) is 16.0 Å². The van der Waals surface area contributed by atoms with Crippen molar-refractivity contribution < 1.29 is 14.3 Å². The Hall–Kier alpha value is -3.02. The number of nitrogens with one attached hydrogen (secondary N) is 3. The van der Waals surface area contributed by atoms with E-state index in [9.17, 15) is 9.59 Å². The highest BCUT2D eigenvalue weighted by molar-refractivity contribution is 5.91. The zero-order chi connectivity index (χ0) is 15.1. The van der Waals surface area contributed by atoms with Crippen LogP contribution < -0.4 is 20.7 Å². The van der Waals surface area contributed by atoms with Gasteiger partial charge < -0.3 is 15.4 Å². The molecular weight excluding hydrogens is 270 g/mol. The lowest BCUT2D eigenvalue weighted by Crippen LogP contribution is -2.24. The monoisotopic (exact) mass is 285 g/mol. The van der Waals surface area contributed by atoms with Crippen molar-refractivity contribution in [1.82, 2.24) is 5.32 Å². The van der Waals surface area contributed by atoms with Crippen molar-refractivity contribution in [1.29, 1.82) is 0 Å². The molecular formula is C15H15N3O3. The van der Waals surface area contributed by atoms with Crippen molar-refractivity contribution in [2.24, 2.45) is 0 Å². The van der Waals surface area contributed by atoms with E-state index >= 15 is 0 Å². The number of para-hydroxylation sites is 1. The number of hydrogen-bond acceptors (Lipinski definition) is 3. The van der Waals surface area contributed by atoms with Crippen LogP contribution in [0, 0.1) is 0 Å². The van der Waals surface area contributed by atoms with Crippen LogP contribution in [-0.4, -0.2) is 19.2 Å². The minimum absolute atomic E-state index is 0.334. The quantitative estimate of drug-likeness (QED) is 0.811. The Morgan fingerprint density at radius 2 is 1.57 bits per heavy atom. The van der Waals surface area contributed by atoms with Gasteiger partial charge in [0, 0.05) is 18.4 Å². The summed E-state index contributed by atoms with van der Waals surface area (Å²) in [6, 6.07) is 15.2. The number of rotatable bonds is 3. The van der Waals surface area contributed by atoms with Crippen LogP contribution in [0.4, 0.5) is 21.0 Å². The fourth-order valence-corrected chi connectivity index (χ4v) is 1.61. The summed E-state index contributed by atoms with van der Waals surface area (Å²) in [6.07, 6.45) is -0.599. The molecule has 2 aromatic rings. The van der Waals surface area contributed by atoms with Crippen LogP contribution in [0.5, 0.6) is 5.75 Å². The van der Waals surface area contributed by atoms with Crippen molar-refractivity contribution >= 4 is 23.5 Å². The first-order chi connectivity index (χ1) is 10.2. The van der Waals surface area contributed by atoms with Gasteiger partial charge in [-0.1, -0.05) is 24.3 Å². The van der Waals surface area contributed by atoms with Gasteiger partial charge in [0.05, 0.1) is 0 Å². The Labute approximate surface area is 122 Å². The van der Waals surface area contributed by atoms with Gasteiger partial charge in [-0.15, -0.1) is 0 Å². The van der Waals surface area contributed by atoms with Crippen LogP contribution in [0.15, 0.2) is 54.6 Å². The number of hydrogen-bond donors (Lipinski definition) is 3. The van der Waals surface area contributed by atoms with Gasteiger partial charge in [0.2, 0.25) is 0 Å². The maximum atomic E-state index is 11.7. The molecule has 3 amide bonds. The Morgan fingerprint density at radius 1 is 0.905 bits per heavy atom. The van der Waals surface area contributed by atoms with E-state index in [1.165, 1.54) is 7.05 Å². The van der Waals surface area contributed by atoms with E-state index in [-0.39, 0.29) is 6.03 Å². The first kappa shape index (κ1) is 14.4. The Balaban J connectivity index is 1.97. The summed E-state index contributed by atoms with van der Waals surface area (Å²) in [5.41, 5.74) is 1.08. The Kier molecular flexibility index (Phi) is 4.76. The summed E-state index contributed by atoms with van der Waals surface area (Å²) in [6.45, 7) is 0. The number of benzene rings is 2. The van der Waals surface area contributed by atoms with Crippen molar-refractivity contribution in [3.8, 4) is 5.75 Å². The van der Waals surface area contributed by atoms with E-state index in [1.54, 1.807) is 48.5 Å². The highest BCUT2D eigenvalue weighted by atomic mass is 16.6. The van der Waals surface area contributed by atoms with Gasteiger partial charge in [0.25, 0.3) is 0 Å². The number of urea groups is 1. The molecule has 3 N–H and O–H groups in total. The molecule has 0 unspecified atom stereocenters. The molecule has 2 aromatic carbocycles. The van der Waals surface area contributed by atoms with E-state index < -0.39 is 6.09 Å². The number of carbonyl (C=O) groups excluding carboxylic acids is 2. The maximum Gasteiger partial charge on any atom is 0.417 e. The van der Waals surface area contributed by atoms with Gasteiger partial charge in [-0.05, 0) is 30.3 Å². The molecule has 0 bridgehead atoms.